The van der Waals surface area contributed by atoms with Crippen LogP contribution >= 0.6 is 0 Å². The number of amides is 1. The molecule has 1 aromatic carbocycles. The van der Waals surface area contributed by atoms with E-state index in [1.54, 1.807) is 6.07 Å². The van der Waals surface area contributed by atoms with Crippen LogP contribution < -0.4 is 5.73 Å². The summed E-state index contributed by atoms with van der Waals surface area (Å²) in [4.78, 5) is 14.0. The third-order valence-corrected chi connectivity index (χ3v) is 3.36. The predicted octanol–water partition coefficient (Wildman–Crippen LogP) is 2.06. The number of carbonyl (C=O) groups excluding carboxylic acids is 1. The Morgan fingerprint density at radius 3 is 3.00 bits per heavy atom. The third-order valence-electron chi connectivity index (χ3n) is 3.36. The lowest BCUT2D eigenvalue weighted by Gasteiger charge is -2.29. The number of nitrogen functional groups attached to an aromatic ring is 1. The molecule has 2 N–H and O–H groups in total. The average Bonchev–Trinajstić information content (AvgIpc) is 2.91. The minimum Gasteiger partial charge on any atom is -0.472 e. The van der Waals surface area contributed by atoms with E-state index in [9.17, 15) is 4.79 Å². The molecule has 0 fully saturated rings. The highest BCUT2D eigenvalue weighted by Gasteiger charge is 2.23. The van der Waals surface area contributed by atoms with Crippen molar-refractivity contribution in [2.75, 3.05) is 12.3 Å². The summed E-state index contributed by atoms with van der Waals surface area (Å²) in [6.45, 7) is 1.32. The lowest BCUT2D eigenvalue weighted by molar-refractivity contribution is 0.0734. The maximum absolute atomic E-state index is 12.2. The van der Waals surface area contributed by atoms with E-state index in [2.05, 4.69) is 0 Å². The van der Waals surface area contributed by atoms with Gasteiger partial charge in [-0.2, -0.15) is 0 Å². The van der Waals surface area contributed by atoms with Crippen LogP contribution in [0, 0.1) is 0 Å². The summed E-state index contributed by atoms with van der Waals surface area (Å²) in [7, 11) is 0. The lowest BCUT2D eigenvalue weighted by atomic mass is 9.97. The number of fused-ring (bicyclic) bond motifs is 1. The van der Waals surface area contributed by atoms with Gasteiger partial charge in [-0.3, -0.25) is 4.79 Å². The van der Waals surface area contributed by atoms with Crippen LogP contribution in [0.4, 0.5) is 5.69 Å². The highest BCUT2D eigenvalue weighted by atomic mass is 16.3. The number of nitrogens with zero attached hydrogens (tertiary/aromatic N) is 1. The molecule has 0 saturated heterocycles. The second kappa shape index (κ2) is 4.22. The second-order valence-corrected chi connectivity index (χ2v) is 4.47. The predicted molar refractivity (Wildman–Crippen MR) is 68.0 cm³/mol. The molecular formula is C14H14N2O2. The van der Waals surface area contributed by atoms with Gasteiger partial charge in [0, 0.05) is 18.8 Å². The monoisotopic (exact) mass is 242 g/mol. The van der Waals surface area contributed by atoms with E-state index < -0.39 is 0 Å². The van der Waals surface area contributed by atoms with Crippen LogP contribution in [0.15, 0.2) is 41.2 Å². The average molecular weight is 242 g/mol. The molecule has 2 aromatic rings. The molecule has 1 aliphatic rings. The molecule has 0 aliphatic carbocycles. The number of anilines is 1. The third kappa shape index (κ3) is 1.76. The highest BCUT2D eigenvalue weighted by molar-refractivity contribution is 5.94. The molecule has 0 unspecified atom stereocenters. The Labute approximate surface area is 105 Å². The molecule has 1 aromatic heterocycles. The van der Waals surface area contributed by atoms with Gasteiger partial charge in [0.1, 0.15) is 6.26 Å². The number of hydrogen-bond donors (Lipinski definition) is 1. The van der Waals surface area contributed by atoms with E-state index in [-0.39, 0.29) is 5.91 Å². The second-order valence-electron chi connectivity index (χ2n) is 4.47. The molecule has 92 valence electrons. The number of hydrogen-bond acceptors (Lipinski definition) is 3. The van der Waals surface area contributed by atoms with Crippen LogP contribution in [0.2, 0.25) is 0 Å². The van der Waals surface area contributed by atoms with E-state index in [1.165, 1.54) is 18.1 Å². The zero-order valence-corrected chi connectivity index (χ0v) is 9.93. The highest BCUT2D eigenvalue weighted by Crippen LogP contribution is 2.25. The number of carbonyl (C=O) groups is 1. The van der Waals surface area contributed by atoms with Crippen molar-refractivity contribution < 1.29 is 9.21 Å². The van der Waals surface area contributed by atoms with Crippen LogP contribution in [0.5, 0.6) is 0 Å². The van der Waals surface area contributed by atoms with Crippen molar-refractivity contribution in [2.24, 2.45) is 0 Å². The Morgan fingerprint density at radius 1 is 1.33 bits per heavy atom. The molecule has 3 rings (SSSR count). The Morgan fingerprint density at radius 2 is 2.22 bits per heavy atom. The molecule has 4 nitrogen and oxygen atoms in total. The summed E-state index contributed by atoms with van der Waals surface area (Å²) >= 11 is 0. The molecule has 0 saturated carbocycles. The topological polar surface area (TPSA) is 59.5 Å². The fraction of sp³-hybridized carbons (Fsp3) is 0.214. The van der Waals surface area contributed by atoms with E-state index in [0.717, 1.165) is 17.7 Å². The first-order valence-corrected chi connectivity index (χ1v) is 5.93. The van der Waals surface area contributed by atoms with Crippen molar-refractivity contribution in [3.63, 3.8) is 0 Å². The van der Waals surface area contributed by atoms with Crippen LogP contribution in [-0.2, 0) is 13.0 Å². The van der Waals surface area contributed by atoms with E-state index in [4.69, 9.17) is 10.2 Å². The SMILES string of the molecule is Nc1cccc2c1CCN(C(=O)c1ccoc1)C2. The number of benzene rings is 1. The Hall–Kier alpha value is -2.23. The fourth-order valence-electron chi connectivity index (χ4n) is 2.38. The summed E-state index contributed by atoms with van der Waals surface area (Å²) in [5.74, 6) is 0.0109. The molecule has 1 amide bonds. The van der Waals surface area contributed by atoms with Crippen LogP contribution in [0.1, 0.15) is 21.5 Å². The molecule has 0 atom stereocenters. The normalized spacial score (nSPS) is 14.3. The minimum absolute atomic E-state index is 0.0109. The Bertz CT molecular complexity index is 575. The summed E-state index contributed by atoms with van der Waals surface area (Å²) in [6, 6.07) is 7.56. The summed E-state index contributed by atoms with van der Waals surface area (Å²) < 4.78 is 4.95. The summed E-state index contributed by atoms with van der Waals surface area (Å²) in [5.41, 5.74) is 9.67. The molecule has 0 bridgehead atoms. The van der Waals surface area contributed by atoms with Gasteiger partial charge in [-0.05, 0) is 29.7 Å². The number of furan rings is 1. The molecule has 0 spiro atoms. The van der Waals surface area contributed by atoms with E-state index in [1.807, 2.05) is 23.1 Å². The van der Waals surface area contributed by atoms with Crippen LogP contribution in [0.25, 0.3) is 0 Å². The molecule has 18 heavy (non-hydrogen) atoms. The maximum Gasteiger partial charge on any atom is 0.257 e. The number of rotatable bonds is 1. The largest absolute Gasteiger partial charge is 0.472 e. The van der Waals surface area contributed by atoms with Gasteiger partial charge < -0.3 is 15.1 Å². The minimum atomic E-state index is 0.0109. The van der Waals surface area contributed by atoms with Crippen molar-refractivity contribution in [1.29, 1.82) is 0 Å². The van der Waals surface area contributed by atoms with Crippen molar-refractivity contribution in [1.82, 2.24) is 4.90 Å². The van der Waals surface area contributed by atoms with Gasteiger partial charge >= 0.3 is 0 Å². The Kier molecular flexibility index (Phi) is 2.55. The van der Waals surface area contributed by atoms with E-state index in [0.29, 0.717) is 18.7 Å². The first-order valence-electron chi connectivity index (χ1n) is 5.93. The van der Waals surface area contributed by atoms with Crippen molar-refractivity contribution in [2.45, 2.75) is 13.0 Å². The zero-order chi connectivity index (χ0) is 12.5. The van der Waals surface area contributed by atoms with Crippen LogP contribution in [0.3, 0.4) is 0 Å². The van der Waals surface area contributed by atoms with Crippen molar-refractivity contribution >= 4 is 11.6 Å². The smallest absolute Gasteiger partial charge is 0.257 e. The van der Waals surface area contributed by atoms with E-state index >= 15 is 0 Å². The first-order chi connectivity index (χ1) is 8.75. The van der Waals surface area contributed by atoms with Crippen LogP contribution in [-0.4, -0.2) is 17.4 Å². The molecule has 0 radical (unpaired) electrons. The van der Waals surface area contributed by atoms with Gasteiger partial charge in [0.15, 0.2) is 0 Å². The molecular weight excluding hydrogens is 228 g/mol. The quantitative estimate of drug-likeness (QED) is 0.779. The molecule has 1 aliphatic heterocycles. The summed E-state index contributed by atoms with van der Waals surface area (Å²) in [6.07, 6.45) is 3.81. The summed E-state index contributed by atoms with van der Waals surface area (Å²) in [5, 5.41) is 0. The van der Waals surface area contributed by atoms with Gasteiger partial charge in [-0.1, -0.05) is 12.1 Å². The van der Waals surface area contributed by atoms with Gasteiger partial charge in [0.2, 0.25) is 0 Å². The van der Waals surface area contributed by atoms with Gasteiger partial charge in [0.05, 0.1) is 11.8 Å². The fourth-order valence-corrected chi connectivity index (χ4v) is 2.38. The standard InChI is InChI=1S/C14H14N2O2/c15-13-3-1-2-10-8-16(6-4-12(10)13)14(17)11-5-7-18-9-11/h1-3,5,7,9H,4,6,8,15H2. The number of nitrogens with two attached hydrogens (primary N) is 1. The van der Waals surface area contributed by atoms with Gasteiger partial charge in [-0.25, -0.2) is 0 Å². The Balaban J connectivity index is 1.85. The molecule has 4 heteroatoms. The first kappa shape index (κ1) is 10.9. The lowest BCUT2D eigenvalue weighted by Crippen LogP contribution is -2.36. The van der Waals surface area contributed by atoms with Crippen molar-refractivity contribution in [3.8, 4) is 0 Å². The zero-order valence-electron chi connectivity index (χ0n) is 9.93. The van der Waals surface area contributed by atoms with Gasteiger partial charge in [-0.15, -0.1) is 0 Å². The molecule has 2 heterocycles. The maximum atomic E-state index is 12.2. The van der Waals surface area contributed by atoms with Crippen molar-refractivity contribution in [3.05, 3.63) is 53.5 Å². The van der Waals surface area contributed by atoms with Gasteiger partial charge in [0.25, 0.3) is 5.91 Å².